The van der Waals surface area contributed by atoms with Crippen molar-refractivity contribution in [3.8, 4) is 0 Å². The van der Waals surface area contributed by atoms with Crippen molar-refractivity contribution >= 4 is 17.5 Å². The molecule has 116 valence electrons. The number of nitrogens with zero attached hydrogens (tertiary/aromatic N) is 1. The van der Waals surface area contributed by atoms with Gasteiger partial charge in [-0.05, 0) is 56.8 Å². The van der Waals surface area contributed by atoms with E-state index in [1.165, 1.54) is 6.42 Å². The van der Waals surface area contributed by atoms with Gasteiger partial charge in [-0.2, -0.15) is 0 Å². The average Bonchev–Trinajstić information content (AvgIpc) is 2.52. The summed E-state index contributed by atoms with van der Waals surface area (Å²) in [5.41, 5.74) is 1.07. The highest BCUT2D eigenvalue weighted by molar-refractivity contribution is 6.31. The zero-order valence-electron chi connectivity index (χ0n) is 12.8. The van der Waals surface area contributed by atoms with Crippen LogP contribution in [0.25, 0.3) is 0 Å². The van der Waals surface area contributed by atoms with Gasteiger partial charge in [0.2, 0.25) is 5.91 Å². The maximum atomic E-state index is 12.3. The molecule has 1 N–H and O–H groups in total. The quantitative estimate of drug-likeness (QED) is 0.875. The third-order valence-corrected chi connectivity index (χ3v) is 4.70. The molecule has 0 spiro atoms. The van der Waals surface area contributed by atoms with E-state index in [1.54, 1.807) is 0 Å². The number of carbonyl (C=O) groups is 1. The zero-order valence-corrected chi connectivity index (χ0v) is 13.5. The molecule has 1 aliphatic heterocycles. The zero-order chi connectivity index (χ0) is 15.1. The van der Waals surface area contributed by atoms with Crippen LogP contribution in [0.3, 0.4) is 0 Å². The number of hydrogen-bond acceptors (Lipinski definition) is 2. The van der Waals surface area contributed by atoms with Gasteiger partial charge in [0.1, 0.15) is 0 Å². The lowest BCUT2D eigenvalue weighted by Gasteiger charge is -2.32. The fraction of sp³-hybridized carbons (Fsp3) is 0.588. The highest BCUT2D eigenvalue weighted by Crippen LogP contribution is 2.21. The predicted molar refractivity (Wildman–Crippen MR) is 87.6 cm³/mol. The number of likely N-dealkylation sites (tertiary alicyclic amines) is 1. The maximum absolute atomic E-state index is 12.3. The normalized spacial score (nSPS) is 16.2. The molecule has 0 aromatic heterocycles. The van der Waals surface area contributed by atoms with Gasteiger partial charge in [0.05, 0.1) is 0 Å². The number of carbonyl (C=O) groups excluding carboxylic acids is 1. The molecule has 1 amide bonds. The number of hydrogen-bond donors (Lipinski definition) is 1. The summed E-state index contributed by atoms with van der Waals surface area (Å²) >= 11 is 6.13. The summed E-state index contributed by atoms with van der Waals surface area (Å²) in [6, 6.07) is 7.77. The Kier molecular flexibility index (Phi) is 6.52. The molecular weight excluding hydrogens is 284 g/mol. The monoisotopic (exact) mass is 308 g/mol. The molecular formula is C17H25ClN2O. The minimum atomic E-state index is 0.266. The van der Waals surface area contributed by atoms with Gasteiger partial charge in [-0.15, -0.1) is 0 Å². The van der Waals surface area contributed by atoms with E-state index in [0.717, 1.165) is 55.4 Å². The molecule has 21 heavy (non-hydrogen) atoms. The molecule has 1 saturated heterocycles. The van der Waals surface area contributed by atoms with Crippen molar-refractivity contribution in [2.75, 3.05) is 26.7 Å². The molecule has 1 aromatic rings. The summed E-state index contributed by atoms with van der Waals surface area (Å²) in [7, 11) is 1.99. The van der Waals surface area contributed by atoms with Gasteiger partial charge >= 0.3 is 0 Å². The van der Waals surface area contributed by atoms with Gasteiger partial charge in [-0.1, -0.05) is 29.8 Å². The molecule has 0 unspecified atom stereocenters. The largest absolute Gasteiger partial charge is 0.343 e. The Morgan fingerprint density at radius 1 is 1.33 bits per heavy atom. The third kappa shape index (κ3) is 5.01. The van der Waals surface area contributed by atoms with E-state index in [1.807, 2.05) is 36.2 Å². The number of rotatable bonds is 6. The van der Waals surface area contributed by atoms with E-state index in [4.69, 9.17) is 11.6 Å². The van der Waals surface area contributed by atoms with Crippen molar-refractivity contribution < 1.29 is 4.79 Å². The molecule has 1 aliphatic rings. The predicted octanol–water partition coefficient (Wildman–Crippen LogP) is 3.12. The van der Waals surface area contributed by atoms with E-state index in [2.05, 4.69) is 5.32 Å². The number of piperidine rings is 1. The summed E-state index contributed by atoms with van der Waals surface area (Å²) in [5.74, 6) is 1.03. The number of aryl methyl sites for hydroxylation is 1. The van der Waals surface area contributed by atoms with Crippen LogP contribution in [0.5, 0.6) is 0 Å². The van der Waals surface area contributed by atoms with E-state index >= 15 is 0 Å². The fourth-order valence-corrected chi connectivity index (χ4v) is 3.15. The third-order valence-electron chi connectivity index (χ3n) is 4.34. The van der Waals surface area contributed by atoms with Crippen molar-refractivity contribution in [1.82, 2.24) is 10.2 Å². The smallest absolute Gasteiger partial charge is 0.222 e. The molecule has 0 radical (unpaired) electrons. The highest BCUT2D eigenvalue weighted by Gasteiger charge is 2.22. The molecule has 0 atom stereocenters. The Labute approximate surface area is 132 Å². The molecule has 4 heteroatoms. The molecule has 0 saturated carbocycles. The molecule has 1 fully saturated rings. The lowest BCUT2D eigenvalue weighted by molar-refractivity contribution is -0.132. The van der Waals surface area contributed by atoms with Gasteiger partial charge in [0, 0.05) is 24.5 Å². The Morgan fingerprint density at radius 2 is 2.05 bits per heavy atom. The second kappa shape index (κ2) is 8.40. The Balaban J connectivity index is 1.74. The van der Waals surface area contributed by atoms with Crippen LogP contribution in [0, 0.1) is 5.92 Å². The van der Waals surface area contributed by atoms with Crippen molar-refractivity contribution in [3.05, 3.63) is 34.9 Å². The van der Waals surface area contributed by atoms with Crippen LogP contribution in [0.4, 0.5) is 0 Å². The van der Waals surface area contributed by atoms with Crippen LogP contribution in [0.1, 0.15) is 31.2 Å². The van der Waals surface area contributed by atoms with E-state index in [0.29, 0.717) is 6.42 Å². The molecule has 0 bridgehead atoms. The summed E-state index contributed by atoms with van der Waals surface area (Å²) < 4.78 is 0. The SMILES string of the molecule is CNCCC1CCN(C(=O)CCc2ccccc2Cl)CC1. The van der Waals surface area contributed by atoms with Gasteiger partial charge in [-0.3, -0.25) is 4.79 Å². The number of benzene rings is 1. The van der Waals surface area contributed by atoms with E-state index in [9.17, 15) is 4.79 Å². The van der Waals surface area contributed by atoms with Crippen molar-refractivity contribution in [2.24, 2.45) is 5.92 Å². The van der Waals surface area contributed by atoms with Gasteiger partial charge in [0.15, 0.2) is 0 Å². The minimum Gasteiger partial charge on any atom is -0.343 e. The first-order valence-corrected chi connectivity index (χ1v) is 8.24. The van der Waals surface area contributed by atoms with Crippen molar-refractivity contribution in [3.63, 3.8) is 0 Å². The first-order chi connectivity index (χ1) is 10.2. The van der Waals surface area contributed by atoms with Crippen LogP contribution in [-0.4, -0.2) is 37.5 Å². The van der Waals surface area contributed by atoms with Crippen LogP contribution >= 0.6 is 11.6 Å². The standard InChI is InChI=1S/C17H25ClN2O/c1-19-11-8-14-9-12-20(13-10-14)17(21)7-6-15-4-2-3-5-16(15)18/h2-5,14,19H,6-13H2,1H3. The molecule has 0 aliphatic carbocycles. The molecule has 3 nitrogen and oxygen atoms in total. The van der Waals surface area contributed by atoms with Crippen LogP contribution in [-0.2, 0) is 11.2 Å². The second-order valence-electron chi connectivity index (χ2n) is 5.81. The first kappa shape index (κ1) is 16.3. The van der Waals surface area contributed by atoms with Crippen molar-refractivity contribution in [1.29, 1.82) is 0 Å². The van der Waals surface area contributed by atoms with Gasteiger partial charge < -0.3 is 10.2 Å². The Bertz CT molecular complexity index is 456. The first-order valence-electron chi connectivity index (χ1n) is 7.86. The number of halogens is 1. The van der Waals surface area contributed by atoms with E-state index < -0.39 is 0 Å². The lowest BCUT2D eigenvalue weighted by atomic mass is 9.93. The highest BCUT2D eigenvalue weighted by atomic mass is 35.5. The molecule has 1 aromatic carbocycles. The van der Waals surface area contributed by atoms with Crippen LogP contribution < -0.4 is 5.32 Å². The van der Waals surface area contributed by atoms with Gasteiger partial charge in [-0.25, -0.2) is 0 Å². The topological polar surface area (TPSA) is 32.3 Å². The van der Waals surface area contributed by atoms with Crippen molar-refractivity contribution in [2.45, 2.75) is 32.1 Å². The summed E-state index contributed by atoms with van der Waals surface area (Å²) in [6.07, 6.45) is 4.79. The molecule has 2 rings (SSSR count). The van der Waals surface area contributed by atoms with Gasteiger partial charge in [0.25, 0.3) is 0 Å². The van der Waals surface area contributed by atoms with E-state index in [-0.39, 0.29) is 5.91 Å². The summed E-state index contributed by atoms with van der Waals surface area (Å²) in [6.45, 7) is 2.90. The fourth-order valence-electron chi connectivity index (χ4n) is 2.92. The van der Waals surface area contributed by atoms with Crippen LogP contribution in [0.2, 0.25) is 5.02 Å². The summed E-state index contributed by atoms with van der Waals surface area (Å²) in [4.78, 5) is 14.3. The number of nitrogens with one attached hydrogen (secondary N) is 1. The Morgan fingerprint density at radius 3 is 2.71 bits per heavy atom. The summed E-state index contributed by atoms with van der Waals surface area (Å²) in [5, 5.41) is 3.96. The van der Waals surface area contributed by atoms with Crippen LogP contribution in [0.15, 0.2) is 24.3 Å². The second-order valence-corrected chi connectivity index (χ2v) is 6.22. The number of amides is 1. The maximum Gasteiger partial charge on any atom is 0.222 e. The molecule has 1 heterocycles. The Hall–Kier alpha value is -1.06. The lowest BCUT2D eigenvalue weighted by Crippen LogP contribution is -2.39. The minimum absolute atomic E-state index is 0.266. The average molecular weight is 309 g/mol.